The van der Waals surface area contributed by atoms with Gasteiger partial charge >= 0.3 is 0 Å². The molecule has 0 spiro atoms. The molecule has 1 amide bonds. The maximum Gasteiger partial charge on any atom is 0.237 e. The van der Waals surface area contributed by atoms with E-state index in [9.17, 15) is 4.79 Å². The second kappa shape index (κ2) is 6.31. The van der Waals surface area contributed by atoms with Gasteiger partial charge in [-0.1, -0.05) is 12.1 Å². The molecule has 5 heteroatoms. The Kier molecular flexibility index (Phi) is 5.00. The van der Waals surface area contributed by atoms with Gasteiger partial charge in [-0.25, -0.2) is 5.84 Å². The van der Waals surface area contributed by atoms with Crippen molar-refractivity contribution in [3.63, 3.8) is 0 Å². The average Bonchev–Trinajstić information content (AvgIpc) is 2.29. The Morgan fingerprint density at radius 3 is 2.93 bits per heavy atom. The van der Waals surface area contributed by atoms with Crippen LogP contribution in [0.3, 0.4) is 0 Å². The molecule has 0 aliphatic heterocycles. The maximum atomic E-state index is 10.8. The minimum atomic E-state index is -0.225. The van der Waals surface area contributed by atoms with E-state index in [1.165, 1.54) is 0 Å². The molecule has 1 aromatic rings. The number of rotatable bonds is 5. The lowest BCUT2D eigenvalue weighted by molar-refractivity contribution is -0.121. The molecule has 4 nitrogen and oxygen atoms in total. The number of amides is 1. The topological polar surface area (TPSA) is 64.3 Å². The summed E-state index contributed by atoms with van der Waals surface area (Å²) in [5.41, 5.74) is 2.06. The summed E-state index contributed by atoms with van der Waals surface area (Å²) >= 11 is 1.61. The third-order valence-electron chi connectivity index (χ3n) is 1.82. The molecule has 1 rings (SSSR count). The third kappa shape index (κ3) is 3.81. The molecule has 0 aliphatic carbocycles. The summed E-state index contributed by atoms with van der Waals surface area (Å²) in [7, 11) is 0. The lowest BCUT2D eigenvalue weighted by Crippen LogP contribution is -2.31. The molecule has 0 unspecified atom stereocenters. The van der Waals surface area contributed by atoms with Gasteiger partial charge in [0.25, 0.3) is 0 Å². The number of carbonyl (C=O) groups is 1. The molecule has 3 N–H and O–H groups in total. The summed E-state index contributed by atoms with van der Waals surface area (Å²) in [6, 6.07) is 7.71. The third-order valence-corrected chi connectivity index (χ3v) is 2.59. The summed E-state index contributed by atoms with van der Waals surface area (Å²) in [5.74, 6) is 5.52. The summed E-state index contributed by atoms with van der Waals surface area (Å²) in [4.78, 5) is 11.9. The highest BCUT2D eigenvalue weighted by Gasteiger charge is 2.02. The smallest absolute Gasteiger partial charge is 0.237 e. The highest BCUT2D eigenvalue weighted by atomic mass is 32.2. The number of hydrogen-bond acceptors (Lipinski definition) is 4. The van der Waals surface area contributed by atoms with Crippen molar-refractivity contribution in [2.24, 2.45) is 5.84 Å². The molecule has 0 radical (unpaired) electrons. The van der Waals surface area contributed by atoms with E-state index in [0.717, 1.165) is 10.6 Å². The molecule has 0 saturated heterocycles. The summed E-state index contributed by atoms with van der Waals surface area (Å²) in [6.45, 7) is 0.334. The van der Waals surface area contributed by atoms with Crippen molar-refractivity contribution in [3.05, 3.63) is 24.3 Å². The number of nitrogens with one attached hydrogen (secondary N) is 1. The number of nitrogens with two attached hydrogens (primary N) is 1. The Morgan fingerprint density at radius 1 is 1.53 bits per heavy atom. The van der Waals surface area contributed by atoms with Crippen LogP contribution in [-0.2, 0) is 4.79 Å². The second-order valence-corrected chi connectivity index (χ2v) is 3.66. The molecule has 0 saturated carbocycles. The first-order valence-corrected chi connectivity index (χ1v) is 5.75. The van der Waals surface area contributed by atoms with Gasteiger partial charge in [0.15, 0.2) is 0 Å². The van der Waals surface area contributed by atoms with E-state index in [-0.39, 0.29) is 12.3 Å². The van der Waals surface area contributed by atoms with E-state index in [0.29, 0.717) is 6.61 Å². The number of ether oxygens (including phenoxy) is 1. The van der Waals surface area contributed by atoms with Crippen molar-refractivity contribution in [3.8, 4) is 5.75 Å². The van der Waals surface area contributed by atoms with Crippen LogP contribution in [0.2, 0.25) is 0 Å². The quantitative estimate of drug-likeness (QED) is 0.342. The standard InChI is InChI=1S/C10H14N2O2S/c1-15-9-5-3-2-4-8(9)14-7-6-10(13)12-11/h2-5H,6-7,11H2,1H3,(H,12,13). The minimum Gasteiger partial charge on any atom is -0.492 e. The summed E-state index contributed by atoms with van der Waals surface area (Å²) < 4.78 is 5.46. The minimum absolute atomic E-state index is 0.225. The normalized spacial score (nSPS) is 9.73. The van der Waals surface area contributed by atoms with Gasteiger partial charge in [-0.15, -0.1) is 11.8 Å². The van der Waals surface area contributed by atoms with Crippen LogP contribution in [0.4, 0.5) is 0 Å². The Morgan fingerprint density at radius 2 is 2.27 bits per heavy atom. The van der Waals surface area contributed by atoms with E-state index in [4.69, 9.17) is 10.6 Å². The molecule has 0 aliphatic rings. The van der Waals surface area contributed by atoms with Gasteiger partial charge in [-0.3, -0.25) is 10.2 Å². The molecule has 0 aromatic heterocycles. The van der Waals surface area contributed by atoms with E-state index in [1.807, 2.05) is 30.5 Å². The lowest BCUT2D eigenvalue weighted by atomic mass is 10.3. The predicted octanol–water partition coefficient (Wildman–Crippen LogP) is 1.17. The van der Waals surface area contributed by atoms with E-state index >= 15 is 0 Å². The molecule has 0 atom stereocenters. The van der Waals surface area contributed by atoms with Crippen LogP contribution >= 0.6 is 11.8 Å². The largest absolute Gasteiger partial charge is 0.492 e. The SMILES string of the molecule is CSc1ccccc1OCCC(=O)NN. The second-order valence-electron chi connectivity index (χ2n) is 2.82. The average molecular weight is 226 g/mol. The molecule has 15 heavy (non-hydrogen) atoms. The fourth-order valence-electron chi connectivity index (χ4n) is 1.06. The van der Waals surface area contributed by atoms with Gasteiger partial charge in [0.05, 0.1) is 13.0 Å². The lowest BCUT2D eigenvalue weighted by Gasteiger charge is -2.08. The first-order valence-electron chi connectivity index (χ1n) is 4.53. The van der Waals surface area contributed by atoms with Crippen LogP contribution in [0.5, 0.6) is 5.75 Å². The van der Waals surface area contributed by atoms with E-state index in [2.05, 4.69) is 5.43 Å². The number of para-hydroxylation sites is 1. The first-order chi connectivity index (χ1) is 7.27. The number of carbonyl (C=O) groups excluding carboxylic acids is 1. The van der Waals surface area contributed by atoms with Gasteiger partial charge < -0.3 is 4.74 Å². The summed E-state index contributed by atoms with van der Waals surface area (Å²) in [5, 5.41) is 0. The van der Waals surface area contributed by atoms with E-state index < -0.39 is 0 Å². The van der Waals surface area contributed by atoms with Crippen LogP contribution in [0, 0.1) is 0 Å². The Balaban J connectivity index is 2.46. The first kappa shape index (κ1) is 11.9. The van der Waals surface area contributed by atoms with Gasteiger partial charge in [-0.2, -0.15) is 0 Å². The monoisotopic (exact) mass is 226 g/mol. The summed E-state index contributed by atoms with van der Waals surface area (Å²) in [6.07, 6.45) is 2.24. The van der Waals surface area contributed by atoms with Crippen LogP contribution in [-0.4, -0.2) is 18.8 Å². The molecule has 1 aromatic carbocycles. The zero-order chi connectivity index (χ0) is 11.1. The van der Waals surface area contributed by atoms with Crippen molar-refractivity contribution in [1.29, 1.82) is 0 Å². The van der Waals surface area contributed by atoms with Crippen LogP contribution in [0.25, 0.3) is 0 Å². The Labute approximate surface area is 93.1 Å². The highest BCUT2D eigenvalue weighted by molar-refractivity contribution is 7.98. The van der Waals surface area contributed by atoms with Crippen molar-refractivity contribution < 1.29 is 9.53 Å². The van der Waals surface area contributed by atoms with Crippen molar-refractivity contribution in [1.82, 2.24) is 5.43 Å². The number of thioether (sulfide) groups is 1. The van der Waals surface area contributed by atoms with Gasteiger partial charge in [0.2, 0.25) is 5.91 Å². The van der Waals surface area contributed by atoms with Crippen molar-refractivity contribution >= 4 is 17.7 Å². The maximum absolute atomic E-state index is 10.8. The number of benzene rings is 1. The van der Waals surface area contributed by atoms with Crippen molar-refractivity contribution in [2.75, 3.05) is 12.9 Å². The number of hydrogen-bond donors (Lipinski definition) is 2. The van der Waals surface area contributed by atoms with Gasteiger partial charge in [0.1, 0.15) is 5.75 Å². The number of hydrazine groups is 1. The molecule has 82 valence electrons. The highest BCUT2D eigenvalue weighted by Crippen LogP contribution is 2.26. The van der Waals surface area contributed by atoms with Crippen LogP contribution in [0.15, 0.2) is 29.2 Å². The molecular weight excluding hydrogens is 212 g/mol. The molecule has 0 bridgehead atoms. The zero-order valence-corrected chi connectivity index (χ0v) is 9.34. The zero-order valence-electron chi connectivity index (χ0n) is 8.53. The van der Waals surface area contributed by atoms with Gasteiger partial charge in [0, 0.05) is 4.90 Å². The fraction of sp³-hybridized carbons (Fsp3) is 0.300. The Hall–Kier alpha value is -1.20. The predicted molar refractivity (Wildman–Crippen MR) is 60.7 cm³/mol. The van der Waals surface area contributed by atoms with Crippen molar-refractivity contribution in [2.45, 2.75) is 11.3 Å². The Bertz CT molecular complexity index is 331. The molecule has 0 fully saturated rings. The van der Waals surface area contributed by atoms with E-state index in [1.54, 1.807) is 11.8 Å². The fourth-order valence-corrected chi connectivity index (χ4v) is 1.61. The van der Waals surface area contributed by atoms with Gasteiger partial charge in [-0.05, 0) is 18.4 Å². The molecule has 0 heterocycles. The molecular formula is C10H14N2O2S. The van der Waals surface area contributed by atoms with Crippen LogP contribution in [0.1, 0.15) is 6.42 Å². The van der Waals surface area contributed by atoms with Crippen LogP contribution < -0.4 is 16.0 Å².